The highest BCUT2D eigenvalue weighted by atomic mass is 16.5. The summed E-state index contributed by atoms with van der Waals surface area (Å²) >= 11 is 0. The molecule has 2 aliphatic heterocycles. The Balaban J connectivity index is 1.07. The highest BCUT2D eigenvalue weighted by Gasteiger charge is 2.31. The maximum Gasteiger partial charge on any atom is 0.346 e. The van der Waals surface area contributed by atoms with E-state index in [1.165, 1.54) is 5.56 Å². The average Bonchev–Trinajstić information content (AvgIpc) is 3.75. The van der Waals surface area contributed by atoms with Gasteiger partial charge in [-0.25, -0.2) is 4.79 Å². The van der Waals surface area contributed by atoms with Crippen LogP contribution in [0.5, 0.6) is 5.75 Å². The van der Waals surface area contributed by atoms with E-state index in [0.29, 0.717) is 18.0 Å². The third-order valence-corrected chi connectivity index (χ3v) is 10.9. The minimum Gasteiger partial charge on any atom is -0.484 e. The zero-order chi connectivity index (χ0) is 37.1. The van der Waals surface area contributed by atoms with E-state index in [4.69, 9.17) is 10.5 Å². The molecule has 280 valence electrons. The van der Waals surface area contributed by atoms with Crippen molar-refractivity contribution < 1.29 is 14.8 Å². The molecule has 2 amide bonds. The Hall–Kier alpha value is -4.62. The molecule has 3 aliphatic rings. The lowest BCUT2D eigenvalue weighted by Crippen LogP contribution is -2.82. The number of amidine groups is 1. The number of likely N-dealkylation sites (N-methyl/N-ethyl adjacent to an activating group) is 1. The summed E-state index contributed by atoms with van der Waals surface area (Å²) in [5.41, 5.74) is 12.0. The van der Waals surface area contributed by atoms with Gasteiger partial charge in [0.15, 0.2) is 11.5 Å². The van der Waals surface area contributed by atoms with E-state index in [1.54, 1.807) is 0 Å². The molecule has 4 heterocycles. The molecule has 5 N–H and O–H groups in total. The number of carbonyl (C=O) groups is 1. The molecule has 2 fully saturated rings. The number of piperazine rings is 1. The number of nitrogens with one attached hydrogen (secondary N) is 1. The third-order valence-electron chi connectivity index (χ3n) is 10.9. The lowest BCUT2D eigenvalue weighted by molar-refractivity contribution is -0.441. The number of allylic oxidation sites excluding steroid dienone is 1. The van der Waals surface area contributed by atoms with Gasteiger partial charge < -0.3 is 20.7 Å². The van der Waals surface area contributed by atoms with Gasteiger partial charge in [0.05, 0.1) is 18.3 Å². The molecule has 12 heteroatoms. The first-order valence-electron chi connectivity index (χ1n) is 19.0. The first-order chi connectivity index (χ1) is 25.5. The van der Waals surface area contributed by atoms with Crippen LogP contribution in [0.1, 0.15) is 87.2 Å². The number of likely N-dealkylation sites (tertiary alicyclic amines) is 1. The highest BCUT2D eigenvalue weighted by Crippen LogP contribution is 2.39. The minimum absolute atomic E-state index is 0.161. The molecule has 0 radical (unpaired) electrons. The van der Waals surface area contributed by atoms with Crippen molar-refractivity contribution in [2.45, 2.75) is 71.2 Å². The van der Waals surface area contributed by atoms with Crippen LogP contribution in [0.25, 0.3) is 5.65 Å². The topological polar surface area (TPSA) is 133 Å². The number of rotatable bonds is 8. The molecule has 0 unspecified atom stereocenters. The molecule has 4 aromatic rings. The predicted octanol–water partition coefficient (Wildman–Crippen LogP) is 5.09. The molecule has 53 heavy (non-hydrogen) atoms. The van der Waals surface area contributed by atoms with Crippen LogP contribution in [0.2, 0.25) is 0 Å². The maximum absolute atomic E-state index is 13.7. The number of amides is 2. The van der Waals surface area contributed by atoms with Crippen molar-refractivity contribution in [1.82, 2.24) is 34.6 Å². The Labute approximate surface area is 313 Å². The van der Waals surface area contributed by atoms with Crippen LogP contribution < -0.4 is 21.1 Å². The average molecular weight is 720 g/mol. The predicted molar refractivity (Wildman–Crippen MR) is 208 cm³/mol. The number of pyridine rings is 1. The molecule has 1 aliphatic carbocycles. The number of aromatic nitrogens is 3. The fraction of sp³-hybridized carbons (Fsp3) is 0.463. The van der Waals surface area contributed by atoms with E-state index >= 15 is 0 Å². The summed E-state index contributed by atoms with van der Waals surface area (Å²) in [6.07, 6.45) is 7.35. The normalized spacial score (nSPS) is 22.2. The van der Waals surface area contributed by atoms with Gasteiger partial charge in [0, 0.05) is 56.0 Å². The van der Waals surface area contributed by atoms with E-state index < -0.39 is 6.03 Å². The Morgan fingerprint density at radius 1 is 0.981 bits per heavy atom. The number of quaternary nitrogens is 1. The lowest BCUT2D eigenvalue weighted by atomic mass is 9.85. The summed E-state index contributed by atoms with van der Waals surface area (Å²) in [5, 5.41) is 14.1. The Bertz CT molecular complexity index is 1970. The van der Waals surface area contributed by atoms with Crippen LogP contribution in [0.4, 0.5) is 10.5 Å². The van der Waals surface area contributed by atoms with E-state index in [9.17, 15) is 4.79 Å². The largest absolute Gasteiger partial charge is 0.484 e. The van der Waals surface area contributed by atoms with Crippen molar-refractivity contribution in [1.29, 1.82) is 0 Å². The van der Waals surface area contributed by atoms with Crippen LogP contribution >= 0.6 is 0 Å². The second kappa shape index (κ2) is 15.8. The van der Waals surface area contributed by atoms with Gasteiger partial charge in [-0.15, -0.1) is 15.2 Å². The fourth-order valence-electron chi connectivity index (χ4n) is 7.61. The number of carbonyl (C=O) groups excluding carboxylic acids is 1. The monoisotopic (exact) mass is 719 g/mol. The molecule has 0 spiro atoms. The van der Waals surface area contributed by atoms with Crippen molar-refractivity contribution >= 4 is 23.2 Å². The standard InChI is InChI=1S/C41H54N10O2/c1-41(2,3)36(42)25-37(43-29-11-8-10-28(24-29)26-50-22-20-48(4)21-23-50)45-40(52)44-33-16-17-35(32-13-7-6-12-31(32)33)53-30-15-18-38-46-47-39(51(38)27-30)34-14-9-19-49(34)5/h6-8,10-13,15,18,24-25,27,33-35H,9,14,16-17,19-23,26,42H2,1-5H3,(H2,43,44,45,52)/p+1/b36-25-/t33-,34-,35+/m0/s1. The van der Waals surface area contributed by atoms with Gasteiger partial charge in [-0.3, -0.25) is 19.5 Å². The van der Waals surface area contributed by atoms with Crippen LogP contribution in [0, 0.1) is 5.41 Å². The summed E-state index contributed by atoms with van der Waals surface area (Å²) < 4.78 is 8.73. The molecular weight excluding hydrogens is 665 g/mol. The SMILES string of the molecule is CN1CCN(Cc2cccc([NH2+]C(/C=C(\N)C(C)(C)C)=N/C(=O)N[C@H]3CC[C@@H](Oc4ccc5nnc([C@@H]6CCCN6C)n5c4)c4ccccc43)c2)CC1. The number of hydrogen-bond donors (Lipinski definition) is 3. The second-order valence-corrected chi connectivity index (χ2v) is 16.0. The van der Waals surface area contributed by atoms with Crippen molar-refractivity contribution in [2.75, 3.05) is 46.8 Å². The van der Waals surface area contributed by atoms with E-state index in [-0.39, 0.29) is 23.6 Å². The van der Waals surface area contributed by atoms with Crippen LogP contribution in [0.3, 0.4) is 0 Å². The summed E-state index contributed by atoms with van der Waals surface area (Å²) in [6, 6.07) is 20.3. The first-order valence-corrected chi connectivity index (χ1v) is 19.0. The van der Waals surface area contributed by atoms with Crippen LogP contribution in [0.15, 0.2) is 83.6 Å². The molecular formula is C41H55N10O2+. The lowest BCUT2D eigenvalue weighted by Gasteiger charge is -2.32. The molecule has 0 bridgehead atoms. The van der Waals surface area contributed by atoms with Crippen LogP contribution in [-0.2, 0) is 6.54 Å². The second-order valence-electron chi connectivity index (χ2n) is 16.0. The number of ether oxygens (including phenoxy) is 1. The summed E-state index contributed by atoms with van der Waals surface area (Å²) in [7, 11) is 4.32. The Morgan fingerprint density at radius 3 is 2.53 bits per heavy atom. The smallest absolute Gasteiger partial charge is 0.346 e. The van der Waals surface area contributed by atoms with E-state index in [1.807, 2.05) is 41.9 Å². The molecule has 12 nitrogen and oxygen atoms in total. The Morgan fingerprint density at radius 2 is 1.77 bits per heavy atom. The summed E-state index contributed by atoms with van der Waals surface area (Å²) in [4.78, 5) is 25.5. The van der Waals surface area contributed by atoms with Crippen molar-refractivity contribution in [3.63, 3.8) is 0 Å². The van der Waals surface area contributed by atoms with Gasteiger partial charge in [0.25, 0.3) is 0 Å². The molecule has 2 aromatic heterocycles. The number of nitrogens with two attached hydrogens (primary N) is 2. The first kappa shape index (κ1) is 36.7. The minimum atomic E-state index is -0.399. The number of urea groups is 1. The van der Waals surface area contributed by atoms with Crippen molar-refractivity contribution in [3.05, 3.63) is 101 Å². The maximum atomic E-state index is 13.7. The van der Waals surface area contributed by atoms with Crippen molar-refractivity contribution in [2.24, 2.45) is 16.1 Å². The van der Waals surface area contributed by atoms with E-state index in [0.717, 1.165) is 92.6 Å². The molecule has 0 saturated carbocycles. The summed E-state index contributed by atoms with van der Waals surface area (Å²) in [5.74, 6) is 2.23. The Kier molecular flexibility index (Phi) is 10.9. The number of benzene rings is 2. The van der Waals surface area contributed by atoms with Gasteiger partial charge in [0.1, 0.15) is 17.5 Å². The molecule has 7 rings (SSSR count). The molecule has 2 saturated heterocycles. The molecule has 2 aromatic carbocycles. The zero-order valence-corrected chi connectivity index (χ0v) is 31.8. The third kappa shape index (κ3) is 8.79. The summed E-state index contributed by atoms with van der Waals surface area (Å²) in [6.45, 7) is 12.4. The highest BCUT2D eigenvalue weighted by molar-refractivity contribution is 5.96. The van der Waals surface area contributed by atoms with E-state index in [2.05, 4.69) is 111 Å². The zero-order valence-electron chi connectivity index (χ0n) is 31.8. The number of fused-ring (bicyclic) bond motifs is 2. The van der Waals surface area contributed by atoms with Gasteiger partial charge in [-0.05, 0) is 81.2 Å². The van der Waals surface area contributed by atoms with Gasteiger partial charge in [0.2, 0.25) is 5.84 Å². The van der Waals surface area contributed by atoms with Gasteiger partial charge in [-0.1, -0.05) is 57.2 Å². The quantitative estimate of drug-likeness (QED) is 0.130. The van der Waals surface area contributed by atoms with Crippen molar-refractivity contribution in [3.8, 4) is 5.75 Å². The number of hydrogen-bond acceptors (Lipinski definition) is 8. The molecule has 3 atom stereocenters. The van der Waals surface area contributed by atoms with Gasteiger partial charge in [-0.2, -0.15) is 0 Å². The van der Waals surface area contributed by atoms with Crippen LogP contribution in [-0.4, -0.2) is 88.0 Å². The fourth-order valence-corrected chi connectivity index (χ4v) is 7.61. The van der Waals surface area contributed by atoms with Gasteiger partial charge >= 0.3 is 6.03 Å². The number of nitrogens with zero attached hydrogens (tertiary/aromatic N) is 7. The number of aliphatic imine (C=N–C) groups is 1.